The Bertz CT molecular complexity index is 710. The molecule has 0 aromatic heterocycles. The lowest BCUT2D eigenvalue weighted by Gasteiger charge is -2.40. The first-order valence-corrected chi connectivity index (χ1v) is 10.1. The normalized spacial score (nSPS) is 17.7. The van der Waals surface area contributed by atoms with E-state index in [1.165, 1.54) is 36.3 Å². The van der Waals surface area contributed by atoms with Gasteiger partial charge in [-0.2, -0.15) is 0 Å². The van der Waals surface area contributed by atoms with E-state index in [1.54, 1.807) is 0 Å². The zero-order chi connectivity index (χ0) is 18.0. The highest BCUT2D eigenvalue weighted by Crippen LogP contribution is 2.30. The second-order valence-electron chi connectivity index (χ2n) is 6.90. The molecule has 1 fully saturated rings. The number of nitro groups is 1. The smallest absolute Gasteiger partial charge is 0.293 e. The molecule has 0 atom stereocenters. The molecule has 0 aliphatic heterocycles. The standard InChI is InChI=1S/C16H25N3O4S/c1-18(2)16(9-5-4-6-10-16)12-17-14-8-7-13(24(3,22)23)11-15(14)19(20)21/h7-8,11,17H,4-6,9-10,12H2,1-3H3/p+1. The van der Waals surface area contributed by atoms with E-state index in [0.29, 0.717) is 12.2 Å². The summed E-state index contributed by atoms with van der Waals surface area (Å²) in [7, 11) is 0.766. The Kier molecular flexibility index (Phi) is 5.49. The number of nitrogens with one attached hydrogen (secondary N) is 2. The van der Waals surface area contributed by atoms with Crippen LogP contribution in [0.4, 0.5) is 11.4 Å². The Morgan fingerprint density at radius 2 is 1.88 bits per heavy atom. The molecular weight excluding hydrogens is 330 g/mol. The lowest BCUT2D eigenvalue weighted by Crippen LogP contribution is -3.16. The van der Waals surface area contributed by atoms with Crippen molar-refractivity contribution in [2.24, 2.45) is 0 Å². The number of hydrogen-bond donors (Lipinski definition) is 2. The van der Waals surface area contributed by atoms with E-state index in [1.807, 2.05) is 0 Å². The summed E-state index contributed by atoms with van der Waals surface area (Å²) in [5, 5.41) is 14.5. The first kappa shape index (κ1) is 18.7. The number of anilines is 1. The van der Waals surface area contributed by atoms with Gasteiger partial charge in [-0.25, -0.2) is 8.42 Å². The minimum absolute atomic E-state index is 0.0367. The van der Waals surface area contributed by atoms with Gasteiger partial charge in [0.2, 0.25) is 0 Å². The third-order valence-electron chi connectivity index (χ3n) is 5.08. The molecule has 1 aliphatic carbocycles. The number of nitro benzene ring substituents is 1. The second kappa shape index (κ2) is 7.06. The van der Waals surface area contributed by atoms with Crippen LogP contribution in [-0.2, 0) is 9.84 Å². The van der Waals surface area contributed by atoms with Gasteiger partial charge in [0.25, 0.3) is 5.69 Å². The van der Waals surface area contributed by atoms with Crippen LogP contribution in [0.2, 0.25) is 0 Å². The van der Waals surface area contributed by atoms with Gasteiger partial charge in [0.15, 0.2) is 9.84 Å². The van der Waals surface area contributed by atoms with E-state index >= 15 is 0 Å². The highest BCUT2D eigenvalue weighted by Gasteiger charge is 2.38. The molecule has 1 aromatic rings. The highest BCUT2D eigenvalue weighted by molar-refractivity contribution is 7.90. The van der Waals surface area contributed by atoms with Crippen molar-refractivity contribution in [1.82, 2.24) is 0 Å². The fraction of sp³-hybridized carbons (Fsp3) is 0.625. The predicted molar refractivity (Wildman–Crippen MR) is 93.3 cm³/mol. The molecule has 0 spiro atoms. The molecule has 8 heteroatoms. The van der Waals surface area contributed by atoms with Crippen LogP contribution in [0.3, 0.4) is 0 Å². The van der Waals surface area contributed by atoms with Gasteiger partial charge in [0.1, 0.15) is 11.2 Å². The SMILES string of the molecule is C[NH+](C)C1(CNc2ccc(S(C)(=O)=O)cc2[N+](=O)[O-])CCCCC1. The molecule has 2 N–H and O–H groups in total. The first-order valence-electron chi connectivity index (χ1n) is 8.19. The van der Waals surface area contributed by atoms with Gasteiger partial charge < -0.3 is 10.2 Å². The van der Waals surface area contributed by atoms with E-state index in [-0.39, 0.29) is 16.1 Å². The maximum Gasteiger partial charge on any atom is 0.293 e. The monoisotopic (exact) mass is 356 g/mol. The minimum atomic E-state index is -3.47. The van der Waals surface area contributed by atoms with Gasteiger partial charge in [-0.3, -0.25) is 10.1 Å². The van der Waals surface area contributed by atoms with E-state index < -0.39 is 14.8 Å². The molecule has 1 aliphatic rings. The molecule has 0 saturated heterocycles. The Hall–Kier alpha value is -1.67. The van der Waals surface area contributed by atoms with Crippen molar-refractivity contribution in [2.75, 3.05) is 32.2 Å². The number of hydrogen-bond acceptors (Lipinski definition) is 5. The fourth-order valence-electron chi connectivity index (χ4n) is 3.39. The molecule has 134 valence electrons. The number of sulfone groups is 1. The van der Waals surface area contributed by atoms with Crippen LogP contribution in [0.25, 0.3) is 0 Å². The van der Waals surface area contributed by atoms with Crippen molar-refractivity contribution < 1.29 is 18.2 Å². The summed E-state index contributed by atoms with van der Waals surface area (Å²) in [6, 6.07) is 4.05. The van der Waals surface area contributed by atoms with Crippen LogP contribution in [0.15, 0.2) is 23.1 Å². The maximum absolute atomic E-state index is 11.6. The summed E-state index contributed by atoms with van der Waals surface area (Å²) in [6.07, 6.45) is 6.78. The van der Waals surface area contributed by atoms with E-state index in [2.05, 4.69) is 19.4 Å². The third-order valence-corrected chi connectivity index (χ3v) is 6.19. The van der Waals surface area contributed by atoms with E-state index in [0.717, 1.165) is 25.2 Å². The fourth-order valence-corrected chi connectivity index (χ4v) is 4.03. The van der Waals surface area contributed by atoms with Crippen molar-refractivity contribution in [3.8, 4) is 0 Å². The average Bonchev–Trinajstić information content (AvgIpc) is 2.52. The van der Waals surface area contributed by atoms with Crippen LogP contribution in [0, 0.1) is 10.1 Å². The Balaban J connectivity index is 2.27. The van der Waals surface area contributed by atoms with Crippen molar-refractivity contribution in [2.45, 2.75) is 42.5 Å². The summed E-state index contributed by atoms with van der Waals surface area (Å²) in [4.78, 5) is 12.1. The van der Waals surface area contributed by atoms with Crippen molar-refractivity contribution in [3.63, 3.8) is 0 Å². The van der Waals surface area contributed by atoms with Crippen molar-refractivity contribution in [3.05, 3.63) is 28.3 Å². The maximum atomic E-state index is 11.6. The zero-order valence-electron chi connectivity index (χ0n) is 14.5. The molecule has 24 heavy (non-hydrogen) atoms. The van der Waals surface area contributed by atoms with Crippen molar-refractivity contribution >= 4 is 21.2 Å². The van der Waals surface area contributed by atoms with E-state index in [4.69, 9.17) is 0 Å². The Morgan fingerprint density at radius 3 is 2.38 bits per heavy atom. The number of likely N-dealkylation sites (N-methyl/N-ethyl adjacent to an activating group) is 1. The summed E-state index contributed by atoms with van der Waals surface area (Å²) in [6.45, 7) is 0.633. The molecule has 0 unspecified atom stereocenters. The highest BCUT2D eigenvalue weighted by atomic mass is 32.2. The second-order valence-corrected chi connectivity index (χ2v) is 8.92. The molecule has 0 heterocycles. The van der Waals surface area contributed by atoms with Gasteiger partial charge >= 0.3 is 0 Å². The largest absolute Gasteiger partial charge is 0.373 e. The van der Waals surface area contributed by atoms with Gasteiger partial charge in [0.05, 0.1) is 30.5 Å². The lowest BCUT2D eigenvalue weighted by molar-refractivity contribution is -0.915. The average molecular weight is 356 g/mol. The van der Waals surface area contributed by atoms with Gasteiger partial charge in [-0.1, -0.05) is 6.42 Å². The third kappa shape index (κ3) is 4.05. The quantitative estimate of drug-likeness (QED) is 0.591. The lowest BCUT2D eigenvalue weighted by atomic mass is 9.80. The molecule has 7 nitrogen and oxygen atoms in total. The van der Waals surface area contributed by atoms with Crippen LogP contribution in [0.1, 0.15) is 32.1 Å². The number of rotatable bonds is 6. The van der Waals surface area contributed by atoms with Crippen molar-refractivity contribution in [1.29, 1.82) is 0 Å². The number of quaternary nitrogens is 1. The topological polar surface area (TPSA) is 93.8 Å². The predicted octanol–water partition coefficient (Wildman–Crippen LogP) is 1.26. The number of nitrogens with zero attached hydrogens (tertiary/aromatic N) is 1. The van der Waals surface area contributed by atoms with Gasteiger partial charge in [0, 0.05) is 25.2 Å². The summed E-state index contributed by atoms with van der Waals surface area (Å²) in [5.74, 6) is 0. The zero-order valence-corrected chi connectivity index (χ0v) is 15.3. The molecule has 0 amide bonds. The molecule has 2 rings (SSSR count). The summed E-state index contributed by atoms with van der Waals surface area (Å²) in [5.41, 5.74) is 0.234. The van der Waals surface area contributed by atoms with Crippen LogP contribution in [-0.4, -0.2) is 45.8 Å². The Morgan fingerprint density at radius 1 is 1.25 bits per heavy atom. The van der Waals surface area contributed by atoms with Crippen LogP contribution in [0.5, 0.6) is 0 Å². The van der Waals surface area contributed by atoms with Gasteiger partial charge in [-0.05, 0) is 25.0 Å². The molecule has 1 aromatic carbocycles. The molecule has 1 saturated carbocycles. The summed E-state index contributed by atoms with van der Waals surface area (Å²) < 4.78 is 23.2. The molecule has 0 radical (unpaired) electrons. The summed E-state index contributed by atoms with van der Waals surface area (Å²) >= 11 is 0. The van der Waals surface area contributed by atoms with Crippen LogP contribution < -0.4 is 10.2 Å². The Labute approximate surface area is 143 Å². The number of benzene rings is 1. The molecule has 0 bridgehead atoms. The minimum Gasteiger partial charge on any atom is -0.373 e. The molecular formula is C16H26N3O4S+. The van der Waals surface area contributed by atoms with E-state index in [9.17, 15) is 18.5 Å². The first-order chi connectivity index (χ1) is 11.2. The van der Waals surface area contributed by atoms with Crippen LogP contribution >= 0.6 is 0 Å². The van der Waals surface area contributed by atoms with Gasteiger partial charge in [-0.15, -0.1) is 0 Å².